The third-order valence-corrected chi connectivity index (χ3v) is 2.82. The van der Waals surface area contributed by atoms with E-state index in [1.807, 2.05) is 13.8 Å². The molecule has 0 saturated heterocycles. The summed E-state index contributed by atoms with van der Waals surface area (Å²) in [6.07, 6.45) is 0.956. The van der Waals surface area contributed by atoms with E-state index in [9.17, 15) is 9.59 Å². The number of urea groups is 1. The fourth-order valence-electron chi connectivity index (χ4n) is 1.27. The molecule has 0 fully saturated rings. The van der Waals surface area contributed by atoms with Crippen LogP contribution in [-0.2, 0) is 4.79 Å². The van der Waals surface area contributed by atoms with Crippen molar-refractivity contribution in [3.8, 4) is 0 Å². The van der Waals surface area contributed by atoms with E-state index >= 15 is 0 Å². The number of carboxylic acid groups (broad SMARTS) is 1. The van der Waals surface area contributed by atoms with Crippen LogP contribution in [0.5, 0.6) is 0 Å². The Bertz CT molecular complexity index is 254. The smallest absolute Gasteiger partial charge is 0.315 e. The van der Waals surface area contributed by atoms with E-state index in [0.29, 0.717) is 12.5 Å². The molecule has 5 nitrogen and oxygen atoms in total. The van der Waals surface area contributed by atoms with E-state index in [4.69, 9.17) is 5.11 Å². The molecule has 0 aromatic rings. The predicted molar refractivity (Wildman–Crippen MR) is 66.9 cm³/mol. The topological polar surface area (TPSA) is 78.4 Å². The summed E-state index contributed by atoms with van der Waals surface area (Å²) in [4.78, 5) is 22.2. The van der Waals surface area contributed by atoms with Crippen LogP contribution in [0.3, 0.4) is 0 Å². The average Bonchev–Trinajstić information content (AvgIpc) is 2.24. The molecule has 0 aliphatic rings. The normalized spacial score (nSPS) is 14.2. The van der Waals surface area contributed by atoms with Crippen LogP contribution in [0.15, 0.2) is 0 Å². The lowest BCUT2D eigenvalue weighted by Gasteiger charge is -2.21. The van der Waals surface area contributed by atoms with Gasteiger partial charge in [-0.2, -0.15) is 0 Å². The van der Waals surface area contributed by atoms with Crippen LogP contribution in [-0.4, -0.2) is 29.7 Å². The first-order chi connectivity index (χ1) is 7.86. The Morgan fingerprint density at radius 2 is 1.82 bits per heavy atom. The number of rotatable bonds is 7. The molecule has 0 heterocycles. The molecule has 2 unspecified atom stereocenters. The lowest BCUT2D eigenvalue weighted by molar-refractivity contribution is -0.137. The highest BCUT2D eigenvalue weighted by Crippen LogP contribution is 2.06. The molecule has 5 heteroatoms. The SMILES string of the molecule is CCC(C)CNC(=O)NC(CC(=O)O)C(C)C. The number of carbonyl (C=O) groups is 2. The lowest BCUT2D eigenvalue weighted by Crippen LogP contribution is -2.46. The minimum absolute atomic E-state index is 0.0472. The molecule has 0 aliphatic carbocycles. The van der Waals surface area contributed by atoms with Crippen LogP contribution in [0, 0.1) is 11.8 Å². The van der Waals surface area contributed by atoms with Crippen molar-refractivity contribution in [2.24, 2.45) is 11.8 Å². The third-order valence-electron chi connectivity index (χ3n) is 2.82. The molecule has 0 rings (SSSR count). The Balaban J connectivity index is 4.08. The molecule has 0 aromatic carbocycles. The van der Waals surface area contributed by atoms with Crippen molar-refractivity contribution in [2.75, 3.05) is 6.54 Å². The summed E-state index contributed by atoms with van der Waals surface area (Å²) in [5.74, 6) is -0.371. The number of carbonyl (C=O) groups excluding carboxylic acids is 1. The molecule has 0 saturated carbocycles. The number of nitrogens with one attached hydrogen (secondary N) is 2. The van der Waals surface area contributed by atoms with Crippen LogP contribution in [0.25, 0.3) is 0 Å². The minimum atomic E-state index is -0.897. The second-order valence-electron chi connectivity index (χ2n) is 4.82. The van der Waals surface area contributed by atoms with Crippen molar-refractivity contribution in [1.29, 1.82) is 0 Å². The highest BCUT2D eigenvalue weighted by atomic mass is 16.4. The van der Waals surface area contributed by atoms with Gasteiger partial charge in [0.1, 0.15) is 0 Å². The number of hydrogen-bond acceptors (Lipinski definition) is 2. The first-order valence-electron chi connectivity index (χ1n) is 6.12. The molecule has 2 amide bonds. The van der Waals surface area contributed by atoms with Crippen molar-refractivity contribution in [3.05, 3.63) is 0 Å². The van der Waals surface area contributed by atoms with Crippen LogP contribution in [0.4, 0.5) is 4.79 Å². The highest BCUT2D eigenvalue weighted by Gasteiger charge is 2.19. The zero-order valence-corrected chi connectivity index (χ0v) is 11.1. The minimum Gasteiger partial charge on any atom is -0.481 e. The van der Waals surface area contributed by atoms with Crippen LogP contribution >= 0.6 is 0 Å². The molecule has 0 spiro atoms. The van der Waals surface area contributed by atoms with E-state index < -0.39 is 5.97 Å². The van der Waals surface area contributed by atoms with Gasteiger partial charge >= 0.3 is 12.0 Å². The van der Waals surface area contributed by atoms with Gasteiger partial charge in [0.15, 0.2) is 0 Å². The summed E-state index contributed by atoms with van der Waals surface area (Å²) < 4.78 is 0. The molecule has 2 atom stereocenters. The van der Waals surface area contributed by atoms with Gasteiger partial charge in [-0.25, -0.2) is 4.79 Å². The van der Waals surface area contributed by atoms with E-state index in [-0.39, 0.29) is 24.4 Å². The van der Waals surface area contributed by atoms with E-state index in [1.165, 1.54) is 0 Å². The van der Waals surface area contributed by atoms with E-state index in [1.54, 1.807) is 0 Å². The molecule has 17 heavy (non-hydrogen) atoms. The molecule has 0 aromatic heterocycles. The Morgan fingerprint density at radius 3 is 2.24 bits per heavy atom. The number of amides is 2. The second kappa shape index (κ2) is 7.92. The van der Waals surface area contributed by atoms with Gasteiger partial charge < -0.3 is 15.7 Å². The maximum absolute atomic E-state index is 11.5. The molecular formula is C12H24N2O3. The summed E-state index contributed by atoms with van der Waals surface area (Å²) in [6, 6.07) is -0.616. The third kappa shape index (κ3) is 7.60. The van der Waals surface area contributed by atoms with Crippen LogP contribution in [0.2, 0.25) is 0 Å². The van der Waals surface area contributed by atoms with Gasteiger partial charge in [0.2, 0.25) is 0 Å². The Hall–Kier alpha value is -1.26. The number of aliphatic carboxylic acids is 1. The molecule has 100 valence electrons. The maximum Gasteiger partial charge on any atom is 0.315 e. The van der Waals surface area contributed by atoms with Gasteiger partial charge in [-0.15, -0.1) is 0 Å². The molecule has 0 aliphatic heterocycles. The number of hydrogen-bond donors (Lipinski definition) is 3. The zero-order valence-electron chi connectivity index (χ0n) is 11.1. The van der Waals surface area contributed by atoms with Gasteiger partial charge in [-0.1, -0.05) is 34.1 Å². The molecule has 0 radical (unpaired) electrons. The van der Waals surface area contributed by atoms with Gasteiger partial charge in [0, 0.05) is 12.6 Å². The number of carboxylic acids is 1. The van der Waals surface area contributed by atoms with Crippen molar-refractivity contribution in [2.45, 2.75) is 46.6 Å². The highest BCUT2D eigenvalue weighted by molar-refractivity contribution is 5.75. The summed E-state index contributed by atoms with van der Waals surface area (Å²) in [7, 11) is 0. The fourth-order valence-corrected chi connectivity index (χ4v) is 1.27. The first-order valence-corrected chi connectivity index (χ1v) is 6.12. The summed E-state index contributed by atoms with van der Waals surface area (Å²) in [6.45, 7) is 8.51. The van der Waals surface area contributed by atoms with E-state index in [2.05, 4.69) is 24.5 Å². The fraction of sp³-hybridized carbons (Fsp3) is 0.833. The Labute approximate surface area is 103 Å². The lowest BCUT2D eigenvalue weighted by atomic mass is 10.0. The standard InChI is InChI=1S/C12H24N2O3/c1-5-9(4)7-13-12(17)14-10(8(2)3)6-11(15)16/h8-10H,5-7H2,1-4H3,(H,15,16)(H2,13,14,17). The summed E-state index contributed by atoms with van der Waals surface area (Å²) >= 11 is 0. The van der Waals surface area contributed by atoms with Crippen molar-refractivity contribution >= 4 is 12.0 Å². The van der Waals surface area contributed by atoms with Gasteiger partial charge in [-0.3, -0.25) is 4.79 Å². The largest absolute Gasteiger partial charge is 0.481 e. The van der Waals surface area contributed by atoms with Gasteiger partial charge in [0.25, 0.3) is 0 Å². The van der Waals surface area contributed by atoms with Crippen LogP contribution in [0.1, 0.15) is 40.5 Å². The quantitative estimate of drug-likeness (QED) is 0.639. The Morgan fingerprint density at radius 1 is 1.24 bits per heavy atom. The first kappa shape index (κ1) is 15.7. The molecule has 0 bridgehead atoms. The molecular weight excluding hydrogens is 220 g/mol. The van der Waals surface area contributed by atoms with Crippen LogP contribution < -0.4 is 10.6 Å². The zero-order chi connectivity index (χ0) is 13.4. The maximum atomic E-state index is 11.5. The van der Waals surface area contributed by atoms with E-state index in [0.717, 1.165) is 6.42 Å². The predicted octanol–water partition coefficient (Wildman–Crippen LogP) is 1.83. The van der Waals surface area contributed by atoms with Gasteiger partial charge in [-0.05, 0) is 11.8 Å². The summed E-state index contributed by atoms with van der Waals surface area (Å²) in [5.41, 5.74) is 0. The Kier molecular flexibility index (Phi) is 7.34. The van der Waals surface area contributed by atoms with Crippen molar-refractivity contribution in [3.63, 3.8) is 0 Å². The summed E-state index contributed by atoms with van der Waals surface area (Å²) in [5, 5.41) is 14.2. The second-order valence-corrected chi connectivity index (χ2v) is 4.82. The monoisotopic (exact) mass is 244 g/mol. The van der Waals surface area contributed by atoms with Crippen molar-refractivity contribution in [1.82, 2.24) is 10.6 Å². The molecule has 3 N–H and O–H groups in total. The average molecular weight is 244 g/mol. The van der Waals surface area contributed by atoms with Crippen molar-refractivity contribution < 1.29 is 14.7 Å². The van der Waals surface area contributed by atoms with Gasteiger partial charge in [0.05, 0.1) is 6.42 Å².